The maximum absolute atomic E-state index is 11.6. The highest BCUT2D eigenvalue weighted by Gasteiger charge is 2.26. The molecule has 1 aromatic rings. The number of alkyl carbamates (subject to hydrolysis) is 1. The molecular weight excluding hydrogens is 300 g/mol. The first-order chi connectivity index (χ1) is 9.81. The summed E-state index contributed by atoms with van der Waals surface area (Å²) in [5, 5.41) is 6.94. The van der Waals surface area contributed by atoms with Crippen LogP contribution in [-0.2, 0) is 30.9 Å². The number of methoxy groups -OCH3 is 1. The summed E-state index contributed by atoms with van der Waals surface area (Å²) >= 11 is 0. The van der Waals surface area contributed by atoms with Crippen LogP contribution in [0.15, 0.2) is 30.3 Å². The molecule has 1 amide bonds. The number of nitrogens with one attached hydrogen (secondary N) is 1. The third-order valence-corrected chi connectivity index (χ3v) is 3.19. The molecule has 1 atom stereocenters. The van der Waals surface area contributed by atoms with Crippen molar-refractivity contribution < 1.29 is 27.5 Å². The summed E-state index contributed by atoms with van der Waals surface area (Å²) in [6.07, 6.45) is -0.946. The van der Waals surface area contributed by atoms with Crippen LogP contribution in [0.5, 0.6) is 0 Å². The number of benzene rings is 1. The van der Waals surface area contributed by atoms with Crippen LogP contribution < -0.4 is 10.5 Å². The highest BCUT2D eigenvalue weighted by atomic mass is 32.2. The maximum Gasteiger partial charge on any atom is 0.408 e. The molecule has 21 heavy (non-hydrogen) atoms. The molecule has 0 heterocycles. The number of ether oxygens (including phenoxy) is 2. The Morgan fingerprint density at radius 3 is 2.43 bits per heavy atom. The number of hydrogen-bond acceptors (Lipinski definition) is 6. The molecule has 0 saturated carbocycles. The molecule has 0 aliphatic carbocycles. The molecule has 0 saturated heterocycles. The van der Waals surface area contributed by atoms with E-state index < -0.39 is 33.9 Å². The van der Waals surface area contributed by atoms with Crippen molar-refractivity contribution in [3.05, 3.63) is 35.9 Å². The predicted octanol–water partition coefficient (Wildman–Crippen LogP) is -0.257. The van der Waals surface area contributed by atoms with E-state index in [0.717, 1.165) is 12.7 Å². The standard InChI is InChI=1S/C12H16N2O6S/c1-19-11(15)10(8-21(13,17)18)14-12(16)20-7-9-5-3-2-4-6-9/h2-6,10H,7-8H2,1H3,(H,14,16)(H2,13,17,18)/t10-/m0/s1. The van der Waals surface area contributed by atoms with E-state index in [4.69, 9.17) is 9.88 Å². The Kier molecular flexibility index (Phi) is 6.12. The highest BCUT2D eigenvalue weighted by Crippen LogP contribution is 2.01. The summed E-state index contributed by atoms with van der Waals surface area (Å²) in [5.41, 5.74) is 0.744. The van der Waals surface area contributed by atoms with Crippen molar-refractivity contribution in [2.24, 2.45) is 5.14 Å². The molecule has 0 aliphatic rings. The van der Waals surface area contributed by atoms with Gasteiger partial charge in [-0.2, -0.15) is 0 Å². The van der Waals surface area contributed by atoms with Crippen LogP contribution in [0.2, 0.25) is 0 Å². The first kappa shape index (κ1) is 16.9. The Labute approximate surface area is 122 Å². The fraction of sp³-hybridized carbons (Fsp3) is 0.333. The molecule has 3 N–H and O–H groups in total. The molecule has 0 spiro atoms. The Morgan fingerprint density at radius 2 is 1.90 bits per heavy atom. The van der Waals surface area contributed by atoms with Gasteiger partial charge in [0, 0.05) is 0 Å². The van der Waals surface area contributed by atoms with E-state index in [1.807, 2.05) is 6.07 Å². The molecule has 116 valence electrons. The largest absolute Gasteiger partial charge is 0.467 e. The first-order valence-electron chi connectivity index (χ1n) is 5.87. The Bertz CT molecular complexity index is 587. The van der Waals surface area contributed by atoms with Crippen molar-refractivity contribution in [3.8, 4) is 0 Å². The summed E-state index contributed by atoms with van der Waals surface area (Å²) in [6.45, 7) is -0.0179. The molecule has 0 bridgehead atoms. The zero-order valence-electron chi connectivity index (χ0n) is 11.3. The summed E-state index contributed by atoms with van der Waals surface area (Å²) < 4.78 is 31.3. The predicted molar refractivity (Wildman–Crippen MR) is 73.5 cm³/mol. The zero-order chi connectivity index (χ0) is 15.9. The average molecular weight is 316 g/mol. The quantitative estimate of drug-likeness (QED) is 0.697. The van der Waals surface area contributed by atoms with Crippen molar-refractivity contribution in [2.45, 2.75) is 12.6 Å². The van der Waals surface area contributed by atoms with Crippen LogP contribution in [0.1, 0.15) is 5.56 Å². The van der Waals surface area contributed by atoms with Gasteiger partial charge in [-0.3, -0.25) is 0 Å². The molecule has 1 rings (SSSR count). The lowest BCUT2D eigenvalue weighted by molar-refractivity contribution is -0.142. The lowest BCUT2D eigenvalue weighted by Gasteiger charge is -2.15. The first-order valence-corrected chi connectivity index (χ1v) is 7.59. The van der Waals surface area contributed by atoms with E-state index in [-0.39, 0.29) is 6.61 Å². The molecule has 0 fully saturated rings. The molecule has 0 aromatic heterocycles. The lowest BCUT2D eigenvalue weighted by Crippen LogP contribution is -2.47. The van der Waals surface area contributed by atoms with E-state index in [2.05, 4.69) is 10.1 Å². The van der Waals surface area contributed by atoms with Gasteiger partial charge in [-0.25, -0.2) is 23.1 Å². The smallest absolute Gasteiger partial charge is 0.408 e. The third-order valence-electron chi connectivity index (χ3n) is 2.39. The van der Waals surface area contributed by atoms with Gasteiger partial charge < -0.3 is 14.8 Å². The van der Waals surface area contributed by atoms with Gasteiger partial charge in [0.25, 0.3) is 0 Å². The second kappa shape index (κ2) is 7.60. The number of carbonyl (C=O) groups excluding carboxylic acids is 2. The molecular formula is C12H16N2O6S. The van der Waals surface area contributed by atoms with Gasteiger partial charge in [0.15, 0.2) is 0 Å². The van der Waals surface area contributed by atoms with Gasteiger partial charge in [-0.15, -0.1) is 0 Å². The number of sulfonamides is 1. The topological polar surface area (TPSA) is 125 Å². The molecule has 0 aliphatic heterocycles. The van der Waals surface area contributed by atoms with E-state index in [1.54, 1.807) is 24.3 Å². The van der Waals surface area contributed by atoms with Gasteiger partial charge in [0.1, 0.15) is 12.6 Å². The van der Waals surface area contributed by atoms with Crippen LogP contribution >= 0.6 is 0 Å². The van der Waals surface area contributed by atoms with Crippen molar-refractivity contribution in [2.75, 3.05) is 12.9 Å². The molecule has 8 nitrogen and oxygen atoms in total. The van der Waals surface area contributed by atoms with Gasteiger partial charge in [-0.05, 0) is 5.56 Å². The van der Waals surface area contributed by atoms with E-state index in [9.17, 15) is 18.0 Å². The summed E-state index contributed by atoms with van der Waals surface area (Å²) in [6, 6.07) is 7.42. The fourth-order valence-electron chi connectivity index (χ4n) is 1.45. The maximum atomic E-state index is 11.6. The number of carbonyl (C=O) groups is 2. The summed E-state index contributed by atoms with van der Waals surface area (Å²) in [4.78, 5) is 22.9. The van der Waals surface area contributed by atoms with Gasteiger partial charge in [0.2, 0.25) is 10.0 Å². The lowest BCUT2D eigenvalue weighted by atomic mass is 10.2. The average Bonchev–Trinajstić information content (AvgIpc) is 2.43. The van der Waals surface area contributed by atoms with Crippen molar-refractivity contribution in [1.29, 1.82) is 0 Å². The van der Waals surface area contributed by atoms with E-state index in [0.29, 0.717) is 0 Å². The Hall–Kier alpha value is -2.13. The van der Waals surface area contributed by atoms with Crippen molar-refractivity contribution in [3.63, 3.8) is 0 Å². The monoisotopic (exact) mass is 316 g/mol. The summed E-state index contributed by atoms with van der Waals surface area (Å²) in [7, 11) is -2.90. The third kappa shape index (κ3) is 6.72. The SMILES string of the molecule is COC(=O)[C@H](CS(N)(=O)=O)NC(=O)OCc1ccccc1. The fourth-order valence-corrected chi connectivity index (χ4v) is 2.13. The van der Waals surface area contributed by atoms with Gasteiger partial charge in [-0.1, -0.05) is 30.3 Å². The van der Waals surface area contributed by atoms with Gasteiger partial charge in [0.05, 0.1) is 12.9 Å². The van der Waals surface area contributed by atoms with Crippen LogP contribution in [0.25, 0.3) is 0 Å². The highest BCUT2D eigenvalue weighted by molar-refractivity contribution is 7.89. The molecule has 0 unspecified atom stereocenters. The normalized spacial score (nSPS) is 12.3. The minimum Gasteiger partial charge on any atom is -0.467 e. The molecule has 0 radical (unpaired) electrons. The minimum absolute atomic E-state index is 0.0179. The minimum atomic E-state index is -3.96. The number of primary sulfonamides is 1. The van der Waals surface area contributed by atoms with Crippen LogP contribution in [0.4, 0.5) is 4.79 Å². The van der Waals surface area contributed by atoms with Crippen LogP contribution in [0, 0.1) is 0 Å². The molecule has 9 heteroatoms. The second-order valence-electron chi connectivity index (χ2n) is 4.11. The number of amides is 1. The van der Waals surface area contributed by atoms with E-state index >= 15 is 0 Å². The number of rotatable bonds is 6. The van der Waals surface area contributed by atoms with Crippen LogP contribution in [0.3, 0.4) is 0 Å². The summed E-state index contributed by atoms with van der Waals surface area (Å²) in [5.74, 6) is -1.71. The second-order valence-corrected chi connectivity index (χ2v) is 5.77. The Balaban J connectivity index is 2.58. The Morgan fingerprint density at radius 1 is 1.29 bits per heavy atom. The zero-order valence-corrected chi connectivity index (χ0v) is 12.1. The number of hydrogen-bond donors (Lipinski definition) is 2. The number of nitrogens with two attached hydrogens (primary N) is 1. The van der Waals surface area contributed by atoms with Crippen molar-refractivity contribution >= 4 is 22.1 Å². The van der Waals surface area contributed by atoms with Crippen LogP contribution in [-0.4, -0.2) is 39.4 Å². The molecule has 1 aromatic carbocycles. The van der Waals surface area contributed by atoms with Gasteiger partial charge >= 0.3 is 12.1 Å². The number of esters is 1. The van der Waals surface area contributed by atoms with E-state index in [1.165, 1.54) is 0 Å². The van der Waals surface area contributed by atoms with Crippen molar-refractivity contribution in [1.82, 2.24) is 5.32 Å².